The quantitative estimate of drug-likeness (QED) is 0.420. The van der Waals surface area contributed by atoms with Crippen LogP contribution in [0.5, 0.6) is 0 Å². The molecule has 0 aliphatic carbocycles. The molecule has 0 aliphatic heterocycles. The van der Waals surface area contributed by atoms with Gasteiger partial charge in [0.25, 0.3) is 0 Å². The van der Waals surface area contributed by atoms with Crippen molar-refractivity contribution in [3.63, 3.8) is 0 Å². The third kappa shape index (κ3) is 4.78. The van der Waals surface area contributed by atoms with Crippen LogP contribution in [0.3, 0.4) is 0 Å². The maximum absolute atomic E-state index is 12.3. The molecule has 1 heterocycles. The number of benzene rings is 1. The third-order valence-corrected chi connectivity index (χ3v) is 4.70. The zero-order valence-electron chi connectivity index (χ0n) is 13.4. The first-order valence-electron chi connectivity index (χ1n) is 7.26. The molecule has 25 heavy (non-hydrogen) atoms. The van der Waals surface area contributed by atoms with Crippen molar-refractivity contribution >= 4 is 40.9 Å². The minimum Gasteiger partial charge on any atom is -0.335 e. The molecule has 0 saturated carbocycles. The summed E-state index contributed by atoms with van der Waals surface area (Å²) in [5.41, 5.74) is 0.572. The average molecular weight is 398 g/mol. The molecule has 9 heteroatoms. The van der Waals surface area contributed by atoms with E-state index >= 15 is 0 Å². The summed E-state index contributed by atoms with van der Waals surface area (Å²) in [6.07, 6.45) is 3.33. The molecule has 1 aromatic carbocycles. The van der Waals surface area contributed by atoms with E-state index in [1.54, 1.807) is 35.3 Å². The molecule has 1 aromatic heterocycles. The van der Waals surface area contributed by atoms with Crippen LogP contribution in [0, 0.1) is 0 Å². The first kappa shape index (κ1) is 19.4. The fourth-order valence-corrected chi connectivity index (χ4v) is 3.17. The molecule has 0 bridgehead atoms. The van der Waals surface area contributed by atoms with Crippen LogP contribution in [0.15, 0.2) is 48.7 Å². The number of aromatic nitrogens is 3. The Bertz CT molecular complexity index is 783. The Morgan fingerprint density at radius 3 is 2.60 bits per heavy atom. The van der Waals surface area contributed by atoms with Gasteiger partial charge < -0.3 is 10.7 Å². The maximum Gasteiger partial charge on any atom is 0.233 e. The molecule has 0 fully saturated rings. The molecule has 2 rings (SSSR count). The zero-order chi connectivity index (χ0) is 18.4. The van der Waals surface area contributed by atoms with Crippen molar-refractivity contribution in [3.8, 4) is 11.4 Å². The molecule has 2 N–H and O–H groups in total. The van der Waals surface area contributed by atoms with Gasteiger partial charge in [0.05, 0.1) is 10.8 Å². The number of carbonyl (C=O) groups excluding carboxylic acids is 1. The van der Waals surface area contributed by atoms with Crippen LogP contribution in [0.1, 0.15) is 0 Å². The number of thioether (sulfide) groups is 1. The monoisotopic (exact) mass is 397 g/mol. The fraction of sp³-hybridized carbons (Fsp3) is 0.188. The van der Waals surface area contributed by atoms with Crippen molar-refractivity contribution in [2.24, 2.45) is 0 Å². The smallest absolute Gasteiger partial charge is 0.233 e. The van der Waals surface area contributed by atoms with Gasteiger partial charge >= 0.3 is 0 Å². The van der Waals surface area contributed by atoms with Gasteiger partial charge in [-0.2, -0.15) is 0 Å². The Morgan fingerprint density at radius 1 is 1.28 bits per heavy atom. The maximum atomic E-state index is 12.3. The number of halogens is 2. The summed E-state index contributed by atoms with van der Waals surface area (Å²) < 4.78 is 1.29. The van der Waals surface area contributed by atoms with E-state index in [1.165, 1.54) is 16.4 Å². The lowest BCUT2D eigenvalue weighted by atomic mass is 10.2. The van der Waals surface area contributed by atoms with Crippen LogP contribution in [0.25, 0.3) is 11.4 Å². The Labute approximate surface area is 160 Å². The van der Waals surface area contributed by atoms with E-state index < -0.39 is 0 Å². The van der Waals surface area contributed by atoms with Gasteiger partial charge in [0.2, 0.25) is 11.1 Å². The first-order valence-corrected chi connectivity index (χ1v) is 9.00. The largest absolute Gasteiger partial charge is 0.335 e. The van der Waals surface area contributed by atoms with Gasteiger partial charge in [-0.1, -0.05) is 47.1 Å². The lowest BCUT2D eigenvalue weighted by Crippen LogP contribution is -2.32. The number of nitrogen functional groups attached to an aromatic ring is 1. The van der Waals surface area contributed by atoms with Crippen LogP contribution >= 0.6 is 35.0 Å². The minimum absolute atomic E-state index is 0.0739. The number of nitrogens with zero attached hydrogens (tertiary/aromatic N) is 4. The van der Waals surface area contributed by atoms with E-state index in [1.807, 2.05) is 0 Å². The second-order valence-corrected chi connectivity index (χ2v) is 6.75. The molecule has 2 aromatic rings. The van der Waals surface area contributed by atoms with Gasteiger partial charge in [0.15, 0.2) is 5.82 Å². The Hall–Kier alpha value is -1.96. The molecule has 0 radical (unpaired) electrons. The van der Waals surface area contributed by atoms with E-state index in [0.29, 0.717) is 39.7 Å². The highest BCUT2D eigenvalue weighted by Gasteiger charge is 2.18. The molecule has 132 valence electrons. The SMILES string of the molecule is C=CCN(CC=C)C(=O)CSc1nnc(-c2cc(Cl)ccc2Cl)n1N. The summed E-state index contributed by atoms with van der Waals surface area (Å²) in [6, 6.07) is 4.99. The predicted octanol–water partition coefficient (Wildman–Crippen LogP) is 3.26. The van der Waals surface area contributed by atoms with Gasteiger partial charge in [-0.3, -0.25) is 4.79 Å². The molecule has 0 aliphatic rings. The number of amides is 1. The Balaban J connectivity index is 2.13. The van der Waals surface area contributed by atoms with Crippen LogP contribution < -0.4 is 5.84 Å². The average Bonchev–Trinajstić information content (AvgIpc) is 2.95. The predicted molar refractivity (Wildman–Crippen MR) is 103 cm³/mol. The molecule has 1 amide bonds. The van der Waals surface area contributed by atoms with Gasteiger partial charge in [-0.05, 0) is 18.2 Å². The fourth-order valence-electron chi connectivity index (χ4n) is 2.04. The van der Waals surface area contributed by atoms with Crippen molar-refractivity contribution < 1.29 is 4.79 Å². The molecule has 0 unspecified atom stereocenters. The first-order chi connectivity index (χ1) is 12.0. The van der Waals surface area contributed by atoms with Crippen molar-refractivity contribution in [1.29, 1.82) is 0 Å². The molecule has 0 spiro atoms. The normalized spacial score (nSPS) is 10.5. The highest BCUT2D eigenvalue weighted by atomic mass is 35.5. The lowest BCUT2D eigenvalue weighted by molar-refractivity contribution is -0.127. The standard InChI is InChI=1S/C16H17Cl2N5OS/c1-3-7-22(8-4-2)14(24)10-25-16-21-20-15(23(16)19)12-9-11(17)5-6-13(12)18/h3-6,9H,1-2,7-8,10,19H2. The van der Waals surface area contributed by atoms with Gasteiger partial charge in [0, 0.05) is 23.7 Å². The van der Waals surface area contributed by atoms with E-state index in [0.717, 1.165) is 0 Å². The molecule has 0 atom stereocenters. The third-order valence-electron chi connectivity index (χ3n) is 3.21. The highest BCUT2D eigenvalue weighted by Crippen LogP contribution is 2.30. The molecular formula is C16H17Cl2N5OS. The van der Waals surface area contributed by atoms with Gasteiger partial charge in [0.1, 0.15) is 0 Å². The summed E-state index contributed by atoms with van der Waals surface area (Å²) in [6.45, 7) is 8.19. The van der Waals surface area contributed by atoms with Crippen LogP contribution in [-0.4, -0.2) is 44.5 Å². The number of carbonyl (C=O) groups is 1. The highest BCUT2D eigenvalue weighted by molar-refractivity contribution is 7.99. The Morgan fingerprint density at radius 2 is 1.96 bits per heavy atom. The van der Waals surface area contributed by atoms with Crippen molar-refractivity contribution in [2.45, 2.75) is 5.16 Å². The lowest BCUT2D eigenvalue weighted by Gasteiger charge is -2.18. The second kappa shape index (κ2) is 8.94. The molecule has 6 nitrogen and oxygen atoms in total. The molecular weight excluding hydrogens is 381 g/mol. The summed E-state index contributed by atoms with van der Waals surface area (Å²) in [5.74, 6) is 6.51. The van der Waals surface area contributed by atoms with E-state index in [-0.39, 0.29) is 11.7 Å². The number of hydrogen-bond donors (Lipinski definition) is 1. The summed E-state index contributed by atoms with van der Waals surface area (Å²) in [4.78, 5) is 13.9. The van der Waals surface area contributed by atoms with Crippen LogP contribution in [0.2, 0.25) is 10.0 Å². The van der Waals surface area contributed by atoms with Crippen LogP contribution in [-0.2, 0) is 4.79 Å². The van der Waals surface area contributed by atoms with E-state index in [4.69, 9.17) is 29.0 Å². The minimum atomic E-state index is -0.0739. The molecule has 0 saturated heterocycles. The zero-order valence-corrected chi connectivity index (χ0v) is 15.7. The van der Waals surface area contributed by atoms with Gasteiger partial charge in [-0.15, -0.1) is 23.4 Å². The van der Waals surface area contributed by atoms with Crippen LogP contribution in [0.4, 0.5) is 0 Å². The summed E-state index contributed by atoms with van der Waals surface area (Å²) >= 11 is 13.4. The number of rotatable bonds is 8. The van der Waals surface area contributed by atoms with Crippen molar-refractivity contribution in [2.75, 3.05) is 24.7 Å². The van der Waals surface area contributed by atoms with Crippen molar-refractivity contribution in [3.05, 3.63) is 53.6 Å². The number of nitrogens with two attached hydrogens (primary N) is 1. The van der Waals surface area contributed by atoms with E-state index in [2.05, 4.69) is 23.4 Å². The topological polar surface area (TPSA) is 77.0 Å². The second-order valence-electron chi connectivity index (χ2n) is 4.97. The summed E-state index contributed by atoms with van der Waals surface area (Å²) in [5, 5.41) is 9.44. The Kier molecular flexibility index (Phi) is 6.92. The van der Waals surface area contributed by atoms with Crippen molar-refractivity contribution in [1.82, 2.24) is 19.8 Å². The van der Waals surface area contributed by atoms with Gasteiger partial charge in [-0.25, -0.2) is 4.68 Å². The number of hydrogen-bond acceptors (Lipinski definition) is 5. The summed E-state index contributed by atoms with van der Waals surface area (Å²) in [7, 11) is 0. The van der Waals surface area contributed by atoms with E-state index in [9.17, 15) is 4.79 Å².